The summed E-state index contributed by atoms with van der Waals surface area (Å²) in [5.41, 5.74) is 0. The summed E-state index contributed by atoms with van der Waals surface area (Å²) in [6.45, 7) is 2.31. The first-order valence-electron chi connectivity index (χ1n) is 8.01. The number of carboxylic acids is 1. The maximum Gasteiger partial charge on any atom is 0.307 e. The molecule has 1 saturated heterocycles. The fourth-order valence-corrected chi connectivity index (χ4v) is 5.28. The van der Waals surface area contributed by atoms with Crippen molar-refractivity contribution in [2.24, 2.45) is 5.92 Å². The van der Waals surface area contributed by atoms with E-state index >= 15 is 0 Å². The standard InChI is InChI=1S/C15H22N2O6S2/c1-2-9-16-24(20,21)13-5-7-14(8-6-13)25(22,23)17-10-3-4-12(11-17)15(18)19/h5-8,12,16H,2-4,9-11H2,1H3,(H,18,19). The van der Waals surface area contributed by atoms with Crippen LogP contribution >= 0.6 is 0 Å². The number of hydrogen-bond donors (Lipinski definition) is 2. The maximum absolute atomic E-state index is 12.7. The molecule has 0 radical (unpaired) electrons. The Hall–Kier alpha value is -1.49. The number of nitrogens with one attached hydrogen (secondary N) is 1. The zero-order valence-electron chi connectivity index (χ0n) is 13.9. The molecule has 25 heavy (non-hydrogen) atoms. The zero-order chi connectivity index (χ0) is 18.7. The molecule has 2 N–H and O–H groups in total. The molecule has 8 nitrogen and oxygen atoms in total. The van der Waals surface area contributed by atoms with Crippen molar-refractivity contribution >= 4 is 26.0 Å². The number of piperidine rings is 1. The Balaban J connectivity index is 2.22. The minimum Gasteiger partial charge on any atom is -0.481 e. The van der Waals surface area contributed by atoms with Crippen LogP contribution in [0.5, 0.6) is 0 Å². The molecule has 1 aromatic rings. The summed E-state index contributed by atoms with van der Waals surface area (Å²) < 4.78 is 52.9. The second-order valence-electron chi connectivity index (χ2n) is 5.91. The van der Waals surface area contributed by atoms with E-state index in [1.165, 1.54) is 24.3 Å². The molecule has 0 spiro atoms. The molecule has 10 heteroatoms. The first-order valence-corrected chi connectivity index (χ1v) is 10.9. The lowest BCUT2D eigenvalue weighted by atomic mass is 10.0. The smallest absolute Gasteiger partial charge is 0.307 e. The lowest BCUT2D eigenvalue weighted by Gasteiger charge is -2.29. The number of carbonyl (C=O) groups is 1. The Morgan fingerprint density at radius 1 is 1.20 bits per heavy atom. The molecular weight excluding hydrogens is 368 g/mol. The van der Waals surface area contributed by atoms with Crippen molar-refractivity contribution in [3.8, 4) is 0 Å². The number of rotatable bonds is 7. The Morgan fingerprint density at radius 2 is 1.80 bits per heavy atom. The van der Waals surface area contributed by atoms with Gasteiger partial charge in [-0.1, -0.05) is 6.92 Å². The summed E-state index contributed by atoms with van der Waals surface area (Å²) in [5, 5.41) is 9.09. The average Bonchev–Trinajstić information content (AvgIpc) is 2.60. The van der Waals surface area contributed by atoms with Gasteiger partial charge >= 0.3 is 5.97 Å². The number of hydrogen-bond acceptors (Lipinski definition) is 5. The van der Waals surface area contributed by atoms with Gasteiger partial charge in [-0.05, 0) is 43.5 Å². The van der Waals surface area contributed by atoms with E-state index in [1.807, 2.05) is 6.92 Å². The second kappa shape index (κ2) is 7.81. The Morgan fingerprint density at radius 3 is 2.36 bits per heavy atom. The van der Waals surface area contributed by atoms with Crippen molar-refractivity contribution in [3.05, 3.63) is 24.3 Å². The molecule has 1 aliphatic heterocycles. The van der Waals surface area contributed by atoms with Crippen LogP contribution < -0.4 is 4.72 Å². The highest BCUT2D eigenvalue weighted by molar-refractivity contribution is 7.89. The van der Waals surface area contributed by atoms with Gasteiger partial charge in [-0.25, -0.2) is 21.6 Å². The average molecular weight is 390 g/mol. The predicted molar refractivity (Wildman–Crippen MR) is 91.0 cm³/mol. The monoisotopic (exact) mass is 390 g/mol. The predicted octanol–water partition coefficient (Wildman–Crippen LogP) is 0.860. The van der Waals surface area contributed by atoms with Crippen LogP contribution in [0.1, 0.15) is 26.2 Å². The summed E-state index contributed by atoms with van der Waals surface area (Å²) in [6.07, 6.45) is 1.57. The molecule has 1 aliphatic rings. The van der Waals surface area contributed by atoms with Crippen LogP contribution in [-0.4, -0.2) is 51.9 Å². The lowest BCUT2D eigenvalue weighted by Crippen LogP contribution is -2.42. The van der Waals surface area contributed by atoms with E-state index in [4.69, 9.17) is 5.11 Å². The Kier molecular flexibility index (Phi) is 6.20. The van der Waals surface area contributed by atoms with Crippen molar-refractivity contribution in [1.82, 2.24) is 9.03 Å². The van der Waals surface area contributed by atoms with Gasteiger partial charge in [-0.3, -0.25) is 4.79 Å². The first-order chi connectivity index (χ1) is 11.7. The van der Waals surface area contributed by atoms with Gasteiger partial charge in [-0.15, -0.1) is 0 Å². The molecule has 1 heterocycles. The van der Waals surface area contributed by atoms with Gasteiger partial charge in [0.2, 0.25) is 20.0 Å². The van der Waals surface area contributed by atoms with Gasteiger partial charge in [0.15, 0.2) is 0 Å². The van der Waals surface area contributed by atoms with Crippen molar-refractivity contribution in [3.63, 3.8) is 0 Å². The van der Waals surface area contributed by atoms with Gasteiger partial charge in [0.05, 0.1) is 15.7 Å². The summed E-state index contributed by atoms with van der Waals surface area (Å²) >= 11 is 0. The fourth-order valence-electron chi connectivity index (χ4n) is 2.62. The van der Waals surface area contributed by atoms with Crippen molar-refractivity contribution in [2.45, 2.75) is 36.0 Å². The first kappa shape index (κ1) is 19.8. The molecule has 0 saturated carbocycles. The van der Waals surface area contributed by atoms with E-state index in [2.05, 4.69) is 4.72 Å². The molecule has 1 fully saturated rings. The Bertz CT molecular complexity index is 818. The minimum atomic E-state index is -3.85. The molecule has 0 aromatic heterocycles. The number of carboxylic acid groups (broad SMARTS) is 1. The highest BCUT2D eigenvalue weighted by Gasteiger charge is 2.33. The molecule has 0 amide bonds. The SMILES string of the molecule is CCCNS(=O)(=O)c1ccc(S(=O)(=O)N2CCCC(C(=O)O)C2)cc1. The maximum atomic E-state index is 12.7. The van der Waals surface area contributed by atoms with Gasteiger partial charge in [0.25, 0.3) is 0 Å². The molecule has 1 atom stereocenters. The molecule has 1 unspecified atom stereocenters. The van der Waals surface area contributed by atoms with E-state index in [0.29, 0.717) is 25.8 Å². The Labute approximate surface area is 147 Å². The van der Waals surface area contributed by atoms with E-state index < -0.39 is 31.9 Å². The van der Waals surface area contributed by atoms with E-state index in [0.717, 1.165) is 4.31 Å². The third-order valence-electron chi connectivity index (χ3n) is 4.05. The van der Waals surface area contributed by atoms with Crippen LogP contribution in [-0.2, 0) is 24.8 Å². The lowest BCUT2D eigenvalue weighted by molar-refractivity contribution is -0.142. The van der Waals surface area contributed by atoms with Gasteiger partial charge in [0.1, 0.15) is 0 Å². The van der Waals surface area contributed by atoms with Crippen LogP contribution in [0.15, 0.2) is 34.1 Å². The van der Waals surface area contributed by atoms with Crippen molar-refractivity contribution in [1.29, 1.82) is 0 Å². The minimum absolute atomic E-state index is 0.0121. The summed E-state index contributed by atoms with van der Waals surface area (Å²) in [7, 11) is -7.52. The second-order valence-corrected chi connectivity index (χ2v) is 9.61. The number of sulfonamides is 2. The normalized spacial score (nSPS) is 19.6. The molecule has 0 bridgehead atoms. The third kappa shape index (κ3) is 4.57. The zero-order valence-corrected chi connectivity index (χ0v) is 15.5. The molecular formula is C15H22N2O6S2. The summed E-state index contributed by atoms with van der Waals surface area (Å²) in [6, 6.07) is 4.95. The van der Waals surface area contributed by atoms with Crippen LogP contribution in [0.2, 0.25) is 0 Å². The fraction of sp³-hybridized carbons (Fsp3) is 0.533. The van der Waals surface area contributed by atoms with Gasteiger partial charge < -0.3 is 5.11 Å². The van der Waals surface area contributed by atoms with E-state index in [-0.39, 0.29) is 22.9 Å². The van der Waals surface area contributed by atoms with Crippen LogP contribution in [0, 0.1) is 5.92 Å². The van der Waals surface area contributed by atoms with Crippen LogP contribution in [0.25, 0.3) is 0 Å². The molecule has 1 aromatic carbocycles. The number of benzene rings is 1. The molecule has 140 valence electrons. The topological polar surface area (TPSA) is 121 Å². The van der Waals surface area contributed by atoms with Crippen molar-refractivity contribution < 1.29 is 26.7 Å². The quantitative estimate of drug-likeness (QED) is 0.712. The van der Waals surface area contributed by atoms with E-state index in [1.54, 1.807) is 0 Å². The largest absolute Gasteiger partial charge is 0.481 e. The van der Waals surface area contributed by atoms with Gasteiger partial charge in [-0.2, -0.15) is 4.31 Å². The van der Waals surface area contributed by atoms with Gasteiger partial charge in [0, 0.05) is 19.6 Å². The molecule has 0 aliphatic carbocycles. The highest BCUT2D eigenvalue weighted by Crippen LogP contribution is 2.24. The summed E-state index contributed by atoms with van der Waals surface area (Å²) in [4.78, 5) is 11.0. The number of aliphatic carboxylic acids is 1. The van der Waals surface area contributed by atoms with Crippen LogP contribution in [0.3, 0.4) is 0 Å². The molecule has 2 rings (SSSR count). The third-order valence-corrected chi connectivity index (χ3v) is 7.40. The van der Waals surface area contributed by atoms with E-state index in [9.17, 15) is 21.6 Å². The summed E-state index contributed by atoms with van der Waals surface area (Å²) in [5.74, 6) is -1.73. The number of nitrogens with zero attached hydrogens (tertiary/aromatic N) is 1. The highest BCUT2D eigenvalue weighted by atomic mass is 32.2. The van der Waals surface area contributed by atoms with Crippen LogP contribution in [0.4, 0.5) is 0 Å². The van der Waals surface area contributed by atoms with Crippen molar-refractivity contribution in [2.75, 3.05) is 19.6 Å².